The average Bonchev–Trinajstić information content (AvgIpc) is 2.86. The zero-order valence-corrected chi connectivity index (χ0v) is 13.3. The van der Waals surface area contributed by atoms with Crippen molar-refractivity contribution in [1.29, 1.82) is 0 Å². The Morgan fingerprint density at radius 3 is 2.60 bits per heavy atom. The van der Waals surface area contributed by atoms with Gasteiger partial charge in [0.1, 0.15) is 17.1 Å². The van der Waals surface area contributed by atoms with E-state index in [1.807, 2.05) is 12.1 Å². The maximum absolute atomic E-state index is 6.09. The minimum Gasteiger partial charge on any atom is -0.491 e. The van der Waals surface area contributed by atoms with Gasteiger partial charge in [-0.25, -0.2) is 4.98 Å². The first-order valence-electron chi connectivity index (χ1n) is 7.45. The number of rotatable bonds is 7. The van der Waals surface area contributed by atoms with Crippen molar-refractivity contribution in [1.82, 2.24) is 9.55 Å². The third-order valence-corrected chi connectivity index (χ3v) is 3.88. The molecule has 4 heteroatoms. The quantitative estimate of drug-likeness (QED) is 0.677. The van der Waals surface area contributed by atoms with Gasteiger partial charge in [-0.2, -0.15) is 0 Å². The highest BCUT2D eigenvalue weighted by Crippen LogP contribution is 2.31. The summed E-state index contributed by atoms with van der Waals surface area (Å²) in [6.07, 6.45) is 3.14. The predicted molar refractivity (Wildman–Crippen MR) is 84.7 cm³/mol. The molecule has 0 aliphatic carbocycles. The smallest absolute Gasteiger partial charge is 0.147 e. The molecule has 0 aliphatic rings. The van der Waals surface area contributed by atoms with Gasteiger partial charge in [0, 0.05) is 6.04 Å². The lowest BCUT2D eigenvalue weighted by Crippen LogP contribution is -2.10. The number of imidazole rings is 1. The number of alkyl halides is 1. The molecule has 0 atom stereocenters. The van der Waals surface area contributed by atoms with Crippen LogP contribution in [0.25, 0.3) is 11.0 Å². The molecule has 2 rings (SSSR count). The topological polar surface area (TPSA) is 27.1 Å². The number of halogens is 1. The molecular weight excluding hydrogens is 272 g/mol. The Bertz CT molecular complexity index is 561. The van der Waals surface area contributed by atoms with Crippen LogP contribution in [-0.2, 0) is 5.88 Å². The second kappa shape index (κ2) is 6.98. The number of hydrogen-bond acceptors (Lipinski definition) is 2. The highest BCUT2D eigenvalue weighted by molar-refractivity contribution is 6.16. The Kier molecular flexibility index (Phi) is 5.30. The summed E-state index contributed by atoms with van der Waals surface area (Å²) in [6.45, 7) is 7.23. The van der Waals surface area contributed by atoms with E-state index in [1.165, 1.54) is 0 Å². The largest absolute Gasteiger partial charge is 0.491 e. The summed E-state index contributed by atoms with van der Waals surface area (Å²) in [5.41, 5.74) is 2.06. The summed E-state index contributed by atoms with van der Waals surface area (Å²) in [5.74, 6) is 2.22. The Hall–Kier alpha value is -1.22. The van der Waals surface area contributed by atoms with Gasteiger partial charge < -0.3 is 9.30 Å². The molecule has 0 amide bonds. The minimum atomic E-state index is 0.429. The van der Waals surface area contributed by atoms with Crippen molar-refractivity contribution in [3.8, 4) is 5.75 Å². The lowest BCUT2D eigenvalue weighted by molar-refractivity contribution is 0.320. The number of benzene rings is 1. The minimum absolute atomic E-state index is 0.429. The van der Waals surface area contributed by atoms with Crippen molar-refractivity contribution in [2.75, 3.05) is 6.61 Å². The normalized spacial score (nSPS) is 11.4. The Morgan fingerprint density at radius 1 is 1.25 bits per heavy atom. The van der Waals surface area contributed by atoms with Crippen molar-refractivity contribution in [3.63, 3.8) is 0 Å². The van der Waals surface area contributed by atoms with Crippen molar-refractivity contribution >= 4 is 22.6 Å². The molecule has 0 unspecified atom stereocenters. The van der Waals surface area contributed by atoms with Crippen LogP contribution in [0, 0.1) is 0 Å². The van der Waals surface area contributed by atoms with Gasteiger partial charge in [-0.05, 0) is 31.4 Å². The van der Waals surface area contributed by atoms with E-state index in [-0.39, 0.29) is 0 Å². The summed E-state index contributed by atoms with van der Waals surface area (Å²) in [7, 11) is 0. The van der Waals surface area contributed by atoms with E-state index >= 15 is 0 Å². The fourth-order valence-electron chi connectivity index (χ4n) is 2.62. The molecular formula is C16H23ClN2O. The first kappa shape index (κ1) is 15.2. The first-order chi connectivity index (χ1) is 9.76. The zero-order valence-electron chi connectivity index (χ0n) is 12.5. The summed E-state index contributed by atoms with van der Waals surface area (Å²) in [5, 5.41) is 0. The predicted octanol–water partition coefficient (Wildman–Crippen LogP) is 4.93. The average molecular weight is 295 g/mol. The van der Waals surface area contributed by atoms with Gasteiger partial charge in [0.25, 0.3) is 0 Å². The number of fused-ring (bicyclic) bond motifs is 1. The molecule has 1 heterocycles. The maximum Gasteiger partial charge on any atom is 0.147 e. The molecule has 1 aromatic carbocycles. The molecule has 2 aromatic rings. The van der Waals surface area contributed by atoms with Crippen molar-refractivity contribution < 1.29 is 4.74 Å². The van der Waals surface area contributed by atoms with Crippen LogP contribution in [0.15, 0.2) is 18.2 Å². The van der Waals surface area contributed by atoms with Gasteiger partial charge in [0.2, 0.25) is 0 Å². The van der Waals surface area contributed by atoms with E-state index in [9.17, 15) is 0 Å². The second-order valence-electron chi connectivity index (χ2n) is 4.97. The van der Waals surface area contributed by atoms with Gasteiger partial charge in [-0.15, -0.1) is 11.6 Å². The molecule has 0 saturated heterocycles. The number of ether oxygens (including phenoxy) is 1. The van der Waals surface area contributed by atoms with E-state index < -0.39 is 0 Å². The molecule has 0 bridgehead atoms. The summed E-state index contributed by atoms with van der Waals surface area (Å²) >= 11 is 6.09. The van der Waals surface area contributed by atoms with Crippen molar-refractivity contribution in [3.05, 3.63) is 24.0 Å². The van der Waals surface area contributed by atoms with Crippen LogP contribution >= 0.6 is 11.6 Å². The molecule has 110 valence electrons. The van der Waals surface area contributed by atoms with E-state index in [1.54, 1.807) is 0 Å². The van der Waals surface area contributed by atoms with Crippen LogP contribution < -0.4 is 4.74 Å². The van der Waals surface area contributed by atoms with E-state index in [0.29, 0.717) is 18.5 Å². The molecule has 20 heavy (non-hydrogen) atoms. The Labute approximate surface area is 125 Å². The SMILES string of the molecule is CCCOc1cccc2c1nc(CCl)n2C(CC)CC. The van der Waals surface area contributed by atoms with Crippen LogP contribution in [0.3, 0.4) is 0 Å². The fraction of sp³-hybridized carbons (Fsp3) is 0.562. The van der Waals surface area contributed by atoms with Crippen LogP contribution in [0.4, 0.5) is 0 Å². The van der Waals surface area contributed by atoms with Crippen molar-refractivity contribution in [2.24, 2.45) is 0 Å². The molecule has 0 spiro atoms. The summed E-state index contributed by atoms with van der Waals surface area (Å²) < 4.78 is 8.09. The van der Waals surface area contributed by atoms with E-state index in [0.717, 1.165) is 41.9 Å². The van der Waals surface area contributed by atoms with Gasteiger partial charge in [0.15, 0.2) is 0 Å². The van der Waals surface area contributed by atoms with Gasteiger partial charge in [-0.3, -0.25) is 0 Å². The second-order valence-corrected chi connectivity index (χ2v) is 5.24. The third kappa shape index (κ3) is 2.78. The third-order valence-electron chi connectivity index (χ3n) is 3.65. The molecule has 0 radical (unpaired) electrons. The van der Waals surface area contributed by atoms with E-state index in [4.69, 9.17) is 21.3 Å². The van der Waals surface area contributed by atoms with Crippen LogP contribution in [0.5, 0.6) is 5.75 Å². The van der Waals surface area contributed by atoms with E-state index in [2.05, 4.69) is 31.4 Å². The monoisotopic (exact) mass is 294 g/mol. The van der Waals surface area contributed by atoms with Gasteiger partial charge in [-0.1, -0.05) is 26.8 Å². The molecule has 3 nitrogen and oxygen atoms in total. The number of aromatic nitrogens is 2. The summed E-state index contributed by atoms with van der Waals surface area (Å²) in [6, 6.07) is 6.57. The van der Waals surface area contributed by atoms with Crippen LogP contribution in [0.1, 0.15) is 51.9 Å². The van der Waals surface area contributed by atoms with Crippen LogP contribution in [-0.4, -0.2) is 16.2 Å². The lowest BCUT2D eigenvalue weighted by atomic mass is 10.1. The Morgan fingerprint density at radius 2 is 2.00 bits per heavy atom. The highest BCUT2D eigenvalue weighted by atomic mass is 35.5. The highest BCUT2D eigenvalue weighted by Gasteiger charge is 2.18. The lowest BCUT2D eigenvalue weighted by Gasteiger charge is -2.18. The Balaban J connectivity index is 2.56. The standard InChI is InChI=1S/C16H23ClN2O/c1-4-10-20-14-9-7-8-13-16(14)18-15(11-17)19(13)12(5-2)6-3/h7-9,12H,4-6,10-11H2,1-3H3. The molecule has 0 fully saturated rings. The summed E-state index contributed by atoms with van der Waals surface area (Å²) in [4.78, 5) is 4.71. The van der Waals surface area contributed by atoms with Gasteiger partial charge in [0.05, 0.1) is 18.0 Å². The maximum atomic E-state index is 6.09. The first-order valence-corrected chi connectivity index (χ1v) is 7.98. The van der Waals surface area contributed by atoms with Crippen molar-refractivity contribution in [2.45, 2.75) is 52.0 Å². The van der Waals surface area contributed by atoms with Crippen LogP contribution in [0.2, 0.25) is 0 Å². The number of nitrogens with zero attached hydrogens (tertiary/aromatic N) is 2. The number of hydrogen-bond donors (Lipinski definition) is 0. The van der Waals surface area contributed by atoms with Gasteiger partial charge >= 0.3 is 0 Å². The molecule has 0 aliphatic heterocycles. The molecule has 0 N–H and O–H groups in total. The number of para-hydroxylation sites is 1. The molecule has 0 saturated carbocycles. The fourth-order valence-corrected chi connectivity index (χ4v) is 2.81. The molecule has 1 aromatic heterocycles. The zero-order chi connectivity index (χ0) is 14.5.